The molecule has 0 amide bonds. The van der Waals surface area contributed by atoms with Crippen molar-refractivity contribution in [2.45, 2.75) is 31.4 Å². The van der Waals surface area contributed by atoms with Crippen LogP contribution in [0, 0.1) is 5.92 Å². The molecule has 0 radical (unpaired) electrons. The first-order valence-electron chi connectivity index (χ1n) is 4.71. The maximum atomic E-state index is 11.2. The van der Waals surface area contributed by atoms with E-state index in [1.165, 1.54) is 17.1 Å². The highest BCUT2D eigenvalue weighted by Crippen LogP contribution is 2.09. The van der Waals surface area contributed by atoms with Crippen molar-refractivity contribution in [3.8, 4) is 0 Å². The van der Waals surface area contributed by atoms with Gasteiger partial charge in [-0.2, -0.15) is 5.10 Å². The highest BCUT2D eigenvalue weighted by molar-refractivity contribution is 7.90. The molecule has 6 heteroatoms. The summed E-state index contributed by atoms with van der Waals surface area (Å²) in [5, 5.41) is 13.5. The zero-order valence-electron chi connectivity index (χ0n) is 9.08. The van der Waals surface area contributed by atoms with Crippen molar-refractivity contribution in [1.29, 1.82) is 0 Å². The van der Waals surface area contributed by atoms with Gasteiger partial charge in [-0.3, -0.25) is 4.68 Å². The van der Waals surface area contributed by atoms with E-state index in [9.17, 15) is 13.5 Å². The Morgan fingerprint density at radius 1 is 1.53 bits per heavy atom. The molecule has 0 aromatic carbocycles. The molecule has 1 N–H and O–H groups in total. The zero-order valence-corrected chi connectivity index (χ0v) is 9.90. The summed E-state index contributed by atoms with van der Waals surface area (Å²) in [4.78, 5) is 0.179. The molecule has 0 aliphatic heterocycles. The first kappa shape index (κ1) is 12.2. The van der Waals surface area contributed by atoms with Gasteiger partial charge >= 0.3 is 0 Å². The molecule has 1 unspecified atom stereocenters. The normalized spacial score (nSPS) is 14.5. The lowest BCUT2D eigenvalue weighted by Crippen LogP contribution is -2.21. The van der Waals surface area contributed by atoms with Gasteiger partial charge in [-0.05, 0) is 5.92 Å². The van der Waals surface area contributed by atoms with Gasteiger partial charge in [-0.25, -0.2) is 8.42 Å². The molecule has 1 rings (SSSR count). The molecule has 15 heavy (non-hydrogen) atoms. The number of aliphatic hydroxyl groups excluding tert-OH is 1. The van der Waals surface area contributed by atoms with E-state index in [0.717, 1.165) is 6.26 Å². The highest BCUT2D eigenvalue weighted by Gasteiger charge is 2.13. The van der Waals surface area contributed by atoms with Gasteiger partial charge < -0.3 is 5.11 Å². The van der Waals surface area contributed by atoms with Crippen molar-refractivity contribution in [2.24, 2.45) is 5.92 Å². The SMILES string of the molecule is CC(C)C(O)Cn1cc(S(C)(=O)=O)cn1. The Bertz CT molecular complexity index is 422. The Kier molecular flexibility index (Phi) is 3.51. The first-order valence-corrected chi connectivity index (χ1v) is 6.60. The highest BCUT2D eigenvalue weighted by atomic mass is 32.2. The second kappa shape index (κ2) is 4.32. The Labute approximate surface area is 89.6 Å². The van der Waals surface area contributed by atoms with E-state index in [-0.39, 0.29) is 10.8 Å². The van der Waals surface area contributed by atoms with Gasteiger partial charge in [0.2, 0.25) is 0 Å². The smallest absolute Gasteiger partial charge is 0.178 e. The minimum Gasteiger partial charge on any atom is -0.391 e. The van der Waals surface area contributed by atoms with Crippen LogP contribution >= 0.6 is 0 Å². The van der Waals surface area contributed by atoms with E-state index in [0.29, 0.717) is 6.54 Å². The fraction of sp³-hybridized carbons (Fsp3) is 0.667. The number of aliphatic hydroxyl groups is 1. The Morgan fingerprint density at radius 3 is 2.53 bits per heavy atom. The number of rotatable bonds is 4. The van der Waals surface area contributed by atoms with Crippen LogP contribution in [0.3, 0.4) is 0 Å². The number of aromatic nitrogens is 2. The zero-order chi connectivity index (χ0) is 11.6. The molecule has 1 heterocycles. The second-order valence-corrected chi connectivity index (χ2v) is 6.00. The summed E-state index contributed by atoms with van der Waals surface area (Å²) in [5.41, 5.74) is 0. The summed E-state index contributed by atoms with van der Waals surface area (Å²) in [6.45, 7) is 4.10. The number of hydrogen-bond acceptors (Lipinski definition) is 4. The van der Waals surface area contributed by atoms with Crippen LogP contribution < -0.4 is 0 Å². The van der Waals surface area contributed by atoms with Crippen LogP contribution in [0.25, 0.3) is 0 Å². The molecular formula is C9H16N2O3S. The Hall–Kier alpha value is -0.880. The third kappa shape index (κ3) is 3.32. The van der Waals surface area contributed by atoms with Crippen molar-refractivity contribution >= 4 is 9.84 Å². The van der Waals surface area contributed by atoms with Gasteiger partial charge in [-0.15, -0.1) is 0 Å². The van der Waals surface area contributed by atoms with Crippen LogP contribution in [0.2, 0.25) is 0 Å². The summed E-state index contributed by atoms with van der Waals surface area (Å²) < 4.78 is 23.7. The molecule has 0 aliphatic carbocycles. The van der Waals surface area contributed by atoms with Crippen molar-refractivity contribution in [1.82, 2.24) is 9.78 Å². The lowest BCUT2D eigenvalue weighted by Gasteiger charge is -2.13. The molecule has 5 nitrogen and oxygen atoms in total. The first-order chi connectivity index (χ1) is 6.80. The van der Waals surface area contributed by atoms with E-state index in [4.69, 9.17) is 0 Å². The minimum absolute atomic E-state index is 0.121. The fourth-order valence-electron chi connectivity index (χ4n) is 1.04. The third-order valence-corrected chi connectivity index (χ3v) is 3.25. The predicted octanol–water partition coefficient (Wildman–Crippen LogP) is 0.303. The largest absolute Gasteiger partial charge is 0.391 e. The van der Waals surface area contributed by atoms with E-state index >= 15 is 0 Å². The topological polar surface area (TPSA) is 72.2 Å². The van der Waals surface area contributed by atoms with Gasteiger partial charge in [0.25, 0.3) is 0 Å². The van der Waals surface area contributed by atoms with Gasteiger partial charge in [0, 0.05) is 12.5 Å². The van der Waals surface area contributed by atoms with Crippen molar-refractivity contribution < 1.29 is 13.5 Å². The van der Waals surface area contributed by atoms with Crippen molar-refractivity contribution in [3.05, 3.63) is 12.4 Å². The van der Waals surface area contributed by atoms with Crippen molar-refractivity contribution in [3.63, 3.8) is 0 Å². The molecule has 0 aliphatic rings. The summed E-state index contributed by atoms with van der Waals surface area (Å²) in [6.07, 6.45) is 3.34. The molecule has 0 bridgehead atoms. The average Bonchev–Trinajstić information content (AvgIpc) is 2.51. The van der Waals surface area contributed by atoms with Crippen LogP contribution in [0.15, 0.2) is 17.3 Å². The summed E-state index contributed by atoms with van der Waals surface area (Å²) in [7, 11) is -3.20. The standard InChI is InChI=1S/C9H16N2O3S/c1-7(2)9(12)6-11-5-8(4-10-11)15(3,13)14/h4-5,7,9,12H,6H2,1-3H3. The van der Waals surface area contributed by atoms with E-state index in [2.05, 4.69) is 5.10 Å². The minimum atomic E-state index is -3.20. The Morgan fingerprint density at radius 2 is 2.13 bits per heavy atom. The van der Waals surface area contributed by atoms with Gasteiger partial charge in [0.05, 0.1) is 18.8 Å². The molecular weight excluding hydrogens is 216 g/mol. The number of nitrogens with zero attached hydrogens (tertiary/aromatic N) is 2. The van der Waals surface area contributed by atoms with E-state index in [1.807, 2.05) is 13.8 Å². The molecule has 1 atom stereocenters. The van der Waals surface area contributed by atoms with Crippen LogP contribution in [0.5, 0.6) is 0 Å². The molecule has 0 saturated carbocycles. The fourth-order valence-corrected chi connectivity index (χ4v) is 1.59. The Balaban J connectivity index is 2.78. The summed E-state index contributed by atoms with van der Waals surface area (Å²) in [5.74, 6) is 0.121. The quantitative estimate of drug-likeness (QED) is 0.810. The van der Waals surface area contributed by atoms with Crippen LogP contribution in [-0.2, 0) is 16.4 Å². The third-order valence-electron chi connectivity index (χ3n) is 2.18. The van der Waals surface area contributed by atoms with Gasteiger partial charge in [-0.1, -0.05) is 13.8 Å². The lowest BCUT2D eigenvalue weighted by molar-refractivity contribution is 0.103. The summed E-state index contributed by atoms with van der Waals surface area (Å²) >= 11 is 0. The molecule has 1 aromatic heterocycles. The number of sulfone groups is 1. The second-order valence-electron chi connectivity index (χ2n) is 3.98. The maximum Gasteiger partial charge on any atom is 0.178 e. The lowest BCUT2D eigenvalue weighted by atomic mass is 10.1. The molecule has 0 spiro atoms. The summed E-state index contributed by atoms with van der Waals surface area (Å²) in [6, 6.07) is 0. The van der Waals surface area contributed by atoms with Gasteiger partial charge in [0.1, 0.15) is 4.90 Å². The van der Waals surface area contributed by atoms with Crippen molar-refractivity contribution in [2.75, 3.05) is 6.26 Å². The molecule has 1 aromatic rings. The molecule has 0 saturated heterocycles. The monoisotopic (exact) mass is 232 g/mol. The van der Waals surface area contributed by atoms with Gasteiger partial charge in [0.15, 0.2) is 9.84 Å². The van der Waals surface area contributed by atoms with Crippen LogP contribution in [0.4, 0.5) is 0 Å². The predicted molar refractivity (Wildman–Crippen MR) is 56.2 cm³/mol. The van der Waals surface area contributed by atoms with E-state index < -0.39 is 15.9 Å². The van der Waals surface area contributed by atoms with E-state index in [1.54, 1.807) is 0 Å². The van der Waals surface area contributed by atoms with Crippen LogP contribution in [-0.4, -0.2) is 35.7 Å². The average molecular weight is 232 g/mol. The number of hydrogen-bond donors (Lipinski definition) is 1. The molecule has 0 fully saturated rings. The van der Waals surface area contributed by atoms with Crippen LogP contribution in [0.1, 0.15) is 13.8 Å². The molecule has 86 valence electrons. The maximum absolute atomic E-state index is 11.2.